The number of carboxylic acid groups (broad SMARTS) is 1. The lowest BCUT2D eigenvalue weighted by Crippen LogP contribution is -2.60. The molecule has 62 heavy (non-hydrogen) atoms. The van der Waals surface area contributed by atoms with Crippen LogP contribution in [0.3, 0.4) is 0 Å². The van der Waals surface area contributed by atoms with Crippen molar-refractivity contribution in [2.45, 2.75) is 141 Å². The molecule has 2 aliphatic heterocycles. The Bertz CT molecular complexity index is 1760. The highest BCUT2D eigenvalue weighted by Crippen LogP contribution is 2.22. The van der Waals surface area contributed by atoms with Crippen molar-refractivity contribution < 1.29 is 53.4 Å². The summed E-state index contributed by atoms with van der Waals surface area (Å²) in [6.07, 6.45) is 1.27. The zero-order valence-corrected chi connectivity index (χ0v) is 36.3. The van der Waals surface area contributed by atoms with Gasteiger partial charge in [-0.05, 0) is 69.3 Å². The molecule has 0 saturated carbocycles. The monoisotopic (exact) mass is 871 g/mol. The van der Waals surface area contributed by atoms with Crippen LogP contribution in [0.1, 0.15) is 91.5 Å². The first-order valence-electron chi connectivity index (χ1n) is 21.3. The van der Waals surface area contributed by atoms with Crippen molar-refractivity contribution in [1.82, 2.24) is 36.4 Å². The fourth-order valence-corrected chi connectivity index (χ4v) is 7.58. The Kier molecular flexibility index (Phi) is 19.7. The third kappa shape index (κ3) is 15.1. The van der Waals surface area contributed by atoms with Crippen molar-refractivity contribution in [1.29, 1.82) is 0 Å². The van der Waals surface area contributed by atoms with E-state index in [1.165, 1.54) is 16.7 Å². The van der Waals surface area contributed by atoms with E-state index in [1.807, 2.05) is 27.7 Å². The zero-order valence-electron chi connectivity index (χ0n) is 36.3. The third-order valence-corrected chi connectivity index (χ3v) is 10.8. The Balaban J connectivity index is 1.75. The summed E-state index contributed by atoms with van der Waals surface area (Å²) in [7, 11) is 0. The van der Waals surface area contributed by atoms with Crippen LogP contribution < -0.4 is 38.1 Å². The number of benzene rings is 1. The normalized spacial score (nSPS) is 19.1. The second-order valence-corrected chi connectivity index (χ2v) is 16.9. The Morgan fingerprint density at radius 2 is 1.18 bits per heavy atom. The second-order valence-electron chi connectivity index (χ2n) is 16.9. The van der Waals surface area contributed by atoms with Gasteiger partial charge in [0.25, 0.3) is 0 Å². The number of carbonyl (C=O) groups is 9. The highest BCUT2D eigenvalue weighted by atomic mass is 16.4. The van der Waals surface area contributed by atoms with Crippen LogP contribution in [-0.2, 0) is 49.6 Å². The van der Waals surface area contributed by atoms with E-state index in [0.717, 1.165) is 0 Å². The van der Waals surface area contributed by atoms with Gasteiger partial charge in [-0.3, -0.25) is 38.4 Å². The largest absolute Gasteiger partial charge is 0.480 e. The highest BCUT2D eigenvalue weighted by molar-refractivity contribution is 5.98. The molecule has 0 bridgehead atoms. The average Bonchev–Trinajstić information content (AvgIpc) is 3.92. The van der Waals surface area contributed by atoms with E-state index in [-0.39, 0.29) is 63.5 Å². The van der Waals surface area contributed by atoms with E-state index in [0.29, 0.717) is 24.8 Å². The first-order valence-corrected chi connectivity index (χ1v) is 21.3. The van der Waals surface area contributed by atoms with Crippen LogP contribution in [0.25, 0.3) is 0 Å². The summed E-state index contributed by atoms with van der Waals surface area (Å²) in [5, 5.41) is 32.3. The lowest BCUT2D eigenvalue weighted by atomic mass is 9.99. The molecule has 2 heterocycles. The van der Waals surface area contributed by atoms with Crippen LogP contribution in [0.2, 0.25) is 0 Å². The van der Waals surface area contributed by atoms with Crippen LogP contribution >= 0.6 is 0 Å². The van der Waals surface area contributed by atoms with Gasteiger partial charge in [-0.15, -0.1) is 0 Å². The number of aliphatic carboxylic acids is 1. The topological polar surface area (TPSA) is 313 Å². The minimum Gasteiger partial charge on any atom is -0.480 e. The van der Waals surface area contributed by atoms with E-state index in [2.05, 4.69) is 26.6 Å². The number of carboxylic acids is 1. The number of nitrogens with two attached hydrogens (primary N) is 2. The fourth-order valence-electron chi connectivity index (χ4n) is 7.58. The van der Waals surface area contributed by atoms with Gasteiger partial charge in [0.15, 0.2) is 0 Å². The van der Waals surface area contributed by atoms with Gasteiger partial charge in [-0.25, -0.2) is 4.79 Å². The number of aliphatic hydroxyl groups is 1. The van der Waals surface area contributed by atoms with Gasteiger partial charge >= 0.3 is 5.97 Å². The van der Waals surface area contributed by atoms with E-state index in [9.17, 15) is 53.4 Å². The molecule has 2 aliphatic rings. The number of likely N-dealkylation sites (tertiary alicyclic amines) is 2. The first kappa shape index (κ1) is 50.7. The Hall–Kier alpha value is -5.63. The summed E-state index contributed by atoms with van der Waals surface area (Å²) >= 11 is 0. The number of nitrogens with one attached hydrogen (secondary N) is 5. The highest BCUT2D eigenvalue weighted by Gasteiger charge is 2.41. The van der Waals surface area contributed by atoms with Crippen LogP contribution in [0.5, 0.6) is 0 Å². The maximum atomic E-state index is 14.2. The molecule has 2 fully saturated rings. The maximum Gasteiger partial charge on any atom is 0.326 e. The van der Waals surface area contributed by atoms with Gasteiger partial charge in [0.1, 0.15) is 48.3 Å². The Morgan fingerprint density at radius 1 is 0.677 bits per heavy atom. The van der Waals surface area contributed by atoms with Gasteiger partial charge in [0, 0.05) is 25.9 Å². The molecule has 8 atom stereocenters. The van der Waals surface area contributed by atoms with Crippen LogP contribution in [0.15, 0.2) is 30.3 Å². The van der Waals surface area contributed by atoms with Crippen LogP contribution in [0, 0.1) is 11.8 Å². The summed E-state index contributed by atoms with van der Waals surface area (Å²) in [5.41, 5.74) is 11.8. The molecule has 3 rings (SSSR count). The summed E-state index contributed by atoms with van der Waals surface area (Å²) < 4.78 is 0. The lowest BCUT2D eigenvalue weighted by Gasteiger charge is -2.31. The number of amides is 8. The minimum atomic E-state index is -1.39. The summed E-state index contributed by atoms with van der Waals surface area (Å²) in [6.45, 7) is 8.50. The number of primary amides is 1. The molecule has 344 valence electrons. The number of aliphatic hydroxyl groups excluding tert-OH is 1. The Morgan fingerprint density at radius 3 is 1.71 bits per heavy atom. The van der Waals surface area contributed by atoms with Crippen molar-refractivity contribution in [2.75, 3.05) is 19.7 Å². The predicted molar refractivity (Wildman–Crippen MR) is 225 cm³/mol. The second kappa shape index (κ2) is 24.1. The third-order valence-electron chi connectivity index (χ3n) is 10.8. The number of carbonyl (C=O) groups excluding carboxylic acids is 8. The van der Waals surface area contributed by atoms with Crippen molar-refractivity contribution >= 4 is 53.2 Å². The molecule has 1 aromatic carbocycles. The molecule has 0 spiro atoms. The zero-order chi connectivity index (χ0) is 46.3. The lowest BCUT2D eigenvalue weighted by molar-refractivity contribution is -0.145. The first-order chi connectivity index (χ1) is 29.2. The predicted octanol–water partition coefficient (Wildman–Crippen LogP) is -1.58. The smallest absolute Gasteiger partial charge is 0.326 e. The van der Waals surface area contributed by atoms with E-state index in [1.54, 1.807) is 30.3 Å². The summed E-state index contributed by atoms with van der Waals surface area (Å²) in [5.74, 6) is -7.04. The maximum absolute atomic E-state index is 14.2. The van der Waals surface area contributed by atoms with Gasteiger partial charge in [-0.2, -0.15) is 0 Å². The molecule has 20 heteroatoms. The number of nitrogens with zero attached hydrogens (tertiary/aromatic N) is 2. The molecule has 0 radical (unpaired) electrons. The fraction of sp³-hybridized carbons (Fsp3) is 0.643. The van der Waals surface area contributed by atoms with Crippen molar-refractivity contribution in [3.63, 3.8) is 0 Å². The van der Waals surface area contributed by atoms with E-state index >= 15 is 0 Å². The molecule has 2 saturated heterocycles. The number of rotatable bonds is 23. The van der Waals surface area contributed by atoms with Crippen molar-refractivity contribution in [2.24, 2.45) is 23.3 Å². The molecule has 11 N–H and O–H groups in total. The molecule has 20 nitrogen and oxygen atoms in total. The number of hydrogen-bond acceptors (Lipinski definition) is 11. The number of hydrogen-bond donors (Lipinski definition) is 9. The quantitative estimate of drug-likeness (QED) is 0.0602. The van der Waals surface area contributed by atoms with E-state index < -0.39 is 108 Å². The molecule has 0 aromatic heterocycles. The molecular formula is C42H65N9O11. The van der Waals surface area contributed by atoms with Gasteiger partial charge in [0.05, 0.1) is 6.61 Å². The van der Waals surface area contributed by atoms with Gasteiger partial charge in [-0.1, -0.05) is 58.0 Å². The van der Waals surface area contributed by atoms with Gasteiger partial charge in [0.2, 0.25) is 47.3 Å². The Labute approximate surface area is 362 Å². The average molecular weight is 872 g/mol. The molecule has 1 aromatic rings. The van der Waals surface area contributed by atoms with Gasteiger partial charge < -0.3 is 58.1 Å². The molecular weight excluding hydrogens is 807 g/mol. The van der Waals surface area contributed by atoms with Crippen LogP contribution in [-0.4, -0.2) is 141 Å². The molecule has 8 amide bonds. The van der Waals surface area contributed by atoms with Crippen molar-refractivity contribution in [3.05, 3.63) is 35.9 Å². The molecule has 0 unspecified atom stereocenters. The van der Waals surface area contributed by atoms with E-state index in [4.69, 9.17) is 11.5 Å². The van der Waals surface area contributed by atoms with Crippen molar-refractivity contribution in [3.8, 4) is 0 Å². The summed E-state index contributed by atoms with van der Waals surface area (Å²) in [4.78, 5) is 121. The molecule has 0 aliphatic carbocycles. The SMILES string of the molecule is CC(C)C[C@H](NC(=O)[C@H](CCC(N)=O)NC(=O)[C@H](C)NC(=O)[C@@H]1CCCN1C(=O)[C@@H](N)CO)C(=O)N[C@@H](CC(C)C)C(=O)N1CCC[C@H]1C(=O)N[C@@H](Cc1ccccc1)C(=O)O. The minimum absolute atomic E-state index is 0.0331. The van der Waals surface area contributed by atoms with Crippen LogP contribution in [0.4, 0.5) is 0 Å². The summed E-state index contributed by atoms with van der Waals surface area (Å²) in [6, 6.07) is -0.527. The standard InChI is InChI=1S/C42H65N9O11/c1-23(2)19-29(47-36(55)28(15-16-34(44)53)46-35(54)25(5)45-38(57)32-13-9-17-50(32)40(59)27(43)22-52)37(56)48-30(20-24(3)4)41(60)51-18-10-14-33(51)39(58)49-31(42(61)62)21-26-11-7-6-8-12-26/h6-8,11-12,23-25,27-33,52H,9-10,13-22,43H2,1-5H3,(H2,44,53)(H,45,57)(H,46,54)(H,47,55)(H,48,56)(H,49,58)(H,61,62)/t25-,27-,28-,29-,30-,31-,32-,33-/m0/s1.